The van der Waals surface area contributed by atoms with E-state index < -0.39 is 0 Å². The summed E-state index contributed by atoms with van der Waals surface area (Å²) >= 11 is 0. The SMILES string of the molecule is CCCCCCCCCCCCCCOc1ccc(CNC(=O)c2cc[n+](CC)cc2)cc1OC. The van der Waals surface area contributed by atoms with Gasteiger partial charge < -0.3 is 14.8 Å². The molecule has 0 bridgehead atoms. The molecule has 5 nitrogen and oxygen atoms in total. The Morgan fingerprint density at radius 1 is 0.800 bits per heavy atom. The van der Waals surface area contributed by atoms with E-state index in [1.165, 1.54) is 70.6 Å². The topological polar surface area (TPSA) is 51.4 Å². The first-order valence-electron chi connectivity index (χ1n) is 13.7. The molecule has 0 aliphatic carbocycles. The standard InChI is InChI=1S/C30H46N2O3/c1-4-6-7-8-9-10-11-12-13-14-15-16-23-35-28-18-17-26(24-29(28)34-3)25-31-30(33)27-19-21-32(5-2)22-20-27/h17-22,24H,4-16,23,25H2,1-3H3/p+1. The molecule has 0 saturated carbocycles. The van der Waals surface area contributed by atoms with E-state index in [0.29, 0.717) is 24.5 Å². The summed E-state index contributed by atoms with van der Waals surface area (Å²) in [5, 5.41) is 2.97. The molecule has 0 atom stereocenters. The van der Waals surface area contributed by atoms with E-state index >= 15 is 0 Å². The van der Waals surface area contributed by atoms with E-state index in [2.05, 4.69) is 19.2 Å². The van der Waals surface area contributed by atoms with Gasteiger partial charge >= 0.3 is 0 Å². The number of pyridine rings is 1. The number of benzene rings is 1. The van der Waals surface area contributed by atoms with E-state index in [0.717, 1.165) is 24.3 Å². The number of nitrogens with zero attached hydrogens (tertiary/aromatic N) is 1. The molecule has 2 aromatic rings. The number of rotatable bonds is 19. The molecule has 194 valence electrons. The van der Waals surface area contributed by atoms with Crippen molar-refractivity contribution in [1.29, 1.82) is 0 Å². The normalized spacial score (nSPS) is 10.8. The van der Waals surface area contributed by atoms with Gasteiger partial charge in [-0.1, -0.05) is 83.6 Å². The van der Waals surface area contributed by atoms with E-state index in [9.17, 15) is 4.79 Å². The summed E-state index contributed by atoms with van der Waals surface area (Å²) in [7, 11) is 1.65. The molecule has 2 rings (SSSR count). The fraction of sp³-hybridized carbons (Fsp3) is 0.600. The van der Waals surface area contributed by atoms with Gasteiger partial charge in [-0.05, 0) is 31.0 Å². The minimum absolute atomic E-state index is 0.0838. The lowest BCUT2D eigenvalue weighted by molar-refractivity contribution is -0.693. The van der Waals surface area contributed by atoms with Crippen LogP contribution in [0.2, 0.25) is 0 Å². The fourth-order valence-corrected chi connectivity index (χ4v) is 4.17. The molecule has 1 aromatic heterocycles. The maximum atomic E-state index is 12.4. The van der Waals surface area contributed by atoms with Crippen molar-refractivity contribution >= 4 is 5.91 Å². The molecular weight excluding hydrogens is 436 g/mol. The van der Waals surface area contributed by atoms with Crippen LogP contribution in [-0.4, -0.2) is 19.6 Å². The Morgan fingerprint density at radius 3 is 1.97 bits per heavy atom. The number of ether oxygens (including phenoxy) is 2. The number of aryl methyl sites for hydroxylation is 1. The van der Waals surface area contributed by atoms with E-state index in [1.54, 1.807) is 7.11 Å². The van der Waals surface area contributed by atoms with Crippen LogP contribution < -0.4 is 19.4 Å². The summed E-state index contributed by atoms with van der Waals surface area (Å²) in [5.41, 5.74) is 1.64. The molecule has 35 heavy (non-hydrogen) atoms. The van der Waals surface area contributed by atoms with Crippen LogP contribution in [-0.2, 0) is 13.1 Å². The Morgan fingerprint density at radius 2 is 1.40 bits per heavy atom. The van der Waals surface area contributed by atoms with Crippen molar-refractivity contribution in [3.8, 4) is 11.5 Å². The first-order valence-corrected chi connectivity index (χ1v) is 13.7. The Balaban J connectivity index is 1.61. The Labute approximate surface area is 213 Å². The van der Waals surface area contributed by atoms with Crippen molar-refractivity contribution in [2.45, 2.75) is 104 Å². The first kappa shape index (κ1) is 28.7. The molecular formula is C30H47N2O3+. The maximum absolute atomic E-state index is 12.4. The molecule has 0 aliphatic rings. The van der Waals surface area contributed by atoms with Crippen molar-refractivity contribution in [3.05, 3.63) is 53.9 Å². The first-order chi connectivity index (χ1) is 17.2. The van der Waals surface area contributed by atoms with Gasteiger partial charge in [-0.2, -0.15) is 0 Å². The maximum Gasteiger partial charge on any atom is 0.252 e. The molecule has 1 amide bonds. The van der Waals surface area contributed by atoms with Gasteiger partial charge in [0.2, 0.25) is 0 Å². The molecule has 0 spiro atoms. The van der Waals surface area contributed by atoms with Crippen LogP contribution in [0.5, 0.6) is 11.5 Å². The predicted molar refractivity (Wildman–Crippen MR) is 143 cm³/mol. The smallest absolute Gasteiger partial charge is 0.252 e. The van der Waals surface area contributed by atoms with E-state index in [4.69, 9.17) is 9.47 Å². The van der Waals surface area contributed by atoms with Gasteiger partial charge in [0.1, 0.15) is 6.54 Å². The van der Waals surface area contributed by atoms with Gasteiger partial charge in [-0.25, -0.2) is 4.57 Å². The second kappa shape index (κ2) is 17.8. The van der Waals surface area contributed by atoms with Crippen LogP contribution >= 0.6 is 0 Å². The van der Waals surface area contributed by atoms with Crippen molar-refractivity contribution in [3.63, 3.8) is 0 Å². The van der Waals surface area contributed by atoms with Crippen molar-refractivity contribution in [2.24, 2.45) is 0 Å². The van der Waals surface area contributed by atoms with Crippen molar-refractivity contribution < 1.29 is 18.8 Å². The van der Waals surface area contributed by atoms with Gasteiger partial charge in [0.15, 0.2) is 23.9 Å². The number of unbranched alkanes of at least 4 members (excludes halogenated alkanes) is 11. The zero-order chi connectivity index (χ0) is 25.1. The number of nitrogens with one attached hydrogen (secondary N) is 1. The number of amides is 1. The number of hydrogen-bond donors (Lipinski definition) is 1. The highest BCUT2D eigenvalue weighted by Gasteiger charge is 2.10. The van der Waals surface area contributed by atoms with Crippen LogP contribution in [0.1, 0.15) is 107 Å². The Hall–Kier alpha value is -2.56. The highest BCUT2D eigenvalue weighted by Crippen LogP contribution is 2.28. The molecule has 0 radical (unpaired) electrons. The molecule has 1 aromatic carbocycles. The molecule has 0 saturated heterocycles. The third kappa shape index (κ3) is 11.6. The molecule has 5 heteroatoms. The number of aromatic nitrogens is 1. The molecule has 1 N–H and O–H groups in total. The number of methoxy groups -OCH3 is 1. The van der Waals surface area contributed by atoms with Crippen molar-refractivity contribution in [2.75, 3.05) is 13.7 Å². The van der Waals surface area contributed by atoms with Crippen LogP contribution in [0.4, 0.5) is 0 Å². The highest BCUT2D eigenvalue weighted by molar-refractivity contribution is 5.93. The molecule has 1 heterocycles. The lowest BCUT2D eigenvalue weighted by Crippen LogP contribution is -2.32. The van der Waals surface area contributed by atoms with Gasteiger partial charge in [0, 0.05) is 18.7 Å². The highest BCUT2D eigenvalue weighted by atomic mass is 16.5. The fourth-order valence-electron chi connectivity index (χ4n) is 4.17. The lowest BCUT2D eigenvalue weighted by Gasteiger charge is -2.13. The number of carbonyl (C=O) groups is 1. The second-order valence-corrected chi connectivity index (χ2v) is 9.32. The summed E-state index contributed by atoms with van der Waals surface area (Å²) in [6, 6.07) is 9.54. The molecule has 0 unspecified atom stereocenters. The van der Waals surface area contributed by atoms with Gasteiger partial charge in [0.05, 0.1) is 19.3 Å². The average molecular weight is 484 g/mol. The monoisotopic (exact) mass is 483 g/mol. The van der Waals surface area contributed by atoms with E-state index in [-0.39, 0.29) is 5.91 Å². The minimum Gasteiger partial charge on any atom is -0.493 e. The van der Waals surface area contributed by atoms with Gasteiger partial charge in [-0.3, -0.25) is 4.79 Å². The summed E-state index contributed by atoms with van der Waals surface area (Å²) in [4.78, 5) is 12.4. The predicted octanol–water partition coefficient (Wildman–Crippen LogP) is 7.01. The van der Waals surface area contributed by atoms with Crippen molar-refractivity contribution in [1.82, 2.24) is 5.32 Å². The average Bonchev–Trinajstić information content (AvgIpc) is 2.90. The van der Waals surface area contributed by atoms with E-state index in [1.807, 2.05) is 47.3 Å². The second-order valence-electron chi connectivity index (χ2n) is 9.32. The summed E-state index contributed by atoms with van der Waals surface area (Å²) in [6.45, 7) is 6.37. The molecule has 0 fully saturated rings. The van der Waals surface area contributed by atoms with Crippen LogP contribution in [0.15, 0.2) is 42.7 Å². The Kier molecular flexibility index (Phi) is 14.6. The minimum atomic E-state index is -0.0838. The number of hydrogen-bond acceptors (Lipinski definition) is 3. The van der Waals surface area contributed by atoms with Gasteiger partial charge in [0.25, 0.3) is 5.91 Å². The summed E-state index contributed by atoms with van der Waals surface area (Å²) < 4.78 is 13.5. The Bertz CT molecular complexity index is 836. The van der Waals surface area contributed by atoms with Crippen LogP contribution in [0.3, 0.4) is 0 Å². The quantitative estimate of drug-likeness (QED) is 0.173. The van der Waals surface area contributed by atoms with Gasteiger partial charge in [-0.15, -0.1) is 0 Å². The zero-order valence-corrected chi connectivity index (χ0v) is 22.3. The largest absolute Gasteiger partial charge is 0.493 e. The lowest BCUT2D eigenvalue weighted by atomic mass is 10.1. The molecule has 0 aliphatic heterocycles. The van der Waals surface area contributed by atoms with Crippen LogP contribution in [0, 0.1) is 0 Å². The summed E-state index contributed by atoms with van der Waals surface area (Å²) in [6.07, 6.45) is 19.8. The zero-order valence-electron chi connectivity index (χ0n) is 22.3. The summed E-state index contributed by atoms with van der Waals surface area (Å²) in [5.74, 6) is 1.39. The number of carbonyl (C=O) groups excluding carboxylic acids is 1. The third-order valence-corrected chi connectivity index (χ3v) is 6.46. The third-order valence-electron chi connectivity index (χ3n) is 6.46. The van der Waals surface area contributed by atoms with Crippen LogP contribution in [0.25, 0.3) is 0 Å².